The van der Waals surface area contributed by atoms with Crippen LogP contribution in [-0.4, -0.2) is 42.0 Å². The van der Waals surface area contributed by atoms with Crippen molar-refractivity contribution in [1.29, 1.82) is 0 Å². The second-order valence-electron chi connectivity index (χ2n) is 7.30. The number of nitrogens with zero attached hydrogens (tertiary/aromatic N) is 2. The molecule has 6 nitrogen and oxygen atoms in total. The molecule has 1 aromatic carbocycles. The molecular weight excluding hydrogens is 410 g/mol. The highest BCUT2D eigenvalue weighted by molar-refractivity contribution is 7.09. The molecule has 29 heavy (non-hydrogen) atoms. The van der Waals surface area contributed by atoms with Gasteiger partial charge in [-0.1, -0.05) is 23.7 Å². The first-order chi connectivity index (χ1) is 13.9. The predicted molar refractivity (Wildman–Crippen MR) is 114 cm³/mol. The minimum atomic E-state index is -0.428. The minimum Gasteiger partial charge on any atom is -0.469 e. The van der Waals surface area contributed by atoms with Crippen LogP contribution in [0.4, 0.5) is 0 Å². The van der Waals surface area contributed by atoms with Crippen molar-refractivity contribution in [3.05, 3.63) is 50.9 Å². The molecule has 1 aromatic heterocycles. The summed E-state index contributed by atoms with van der Waals surface area (Å²) in [6, 6.07) is 6.74. The van der Waals surface area contributed by atoms with Crippen LogP contribution in [-0.2, 0) is 20.9 Å². The number of halogens is 1. The number of piperidine rings is 1. The number of likely N-dealkylation sites (tertiary alicyclic amines) is 1. The van der Waals surface area contributed by atoms with Gasteiger partial charge >= 0.3 is 5.97 Å². The number of aromatic nitrogens is 1. The van der Waals surface area contributed by atoms with E-state index in [9.17, 15) is 9.59 Å². The van der Waals surface area contributed by atoms with Crippen LogP contribution in [0.25, 0.3) is 0 Å². The van der Waals surface area contributed by atoms with E-state index in [-0.39, 0.29) is 24.2 Å². The van der Waals surface area contributed by atoms with Crippen molar-refractivity contribution in [3.63, 3.8) is 0 Å². The Hall–Kier alpha value is -1.96. The van der Waals surface area contributed by atoms with Gasteiger partial charge in [-0.15, -0.1) is 11.3 Å². The summed E-state index contributed by atoms with van der Waals surface area (Å²) in [4.78, 5) is 31.6. The summed E-state index contributed by atoms with van der Waals surface area (Å²) in [5.41, 5.74) is 1.93. The van der Waals surface area contributed by atoms with Crippen molar-refractivity contribution < 1.29 is 14.3 Å². The maximum Gasteiger partial charge on any atom is 0.307 e. The van der Waals surface area contributed by atoms with Crippen LogP contribution >= 0.6 is 22.9 Å². The number of nitrogens with one attached hydrogen (secondary N) is 1. The van der Waals surface area contributed by atoms with E-state index in [1.807, 2.05) is 19.1 Å². The molecule has 1 N–H and O–H groups in total. The number of carbonyl (C=O) groups excluding carboxylic acids is 2. The molecule has 0 bridgehead atoms. The number of hydrogen-bond acceptors (Lipinski definition) is 6. The maximum atomic E-state index is 12.9. The zero-order valence-electron chi connectivity index (χ0n) is 16.7. The minimum absolute atomic E-state index is 0.0157. The number of ether oxygens (including phenoxy) is 1. The highest BCUT2D eigenvalue weighted by atomic mass is 35.5. The Kier molecular flexibility index (Phi) is 7.64. The third-order valence-corrected chi connectivity index (χ3v) is 6.27. The van der Waals surface area contributed by atoms with Crippen molar-refractivity contribution in [2.75, 3.05) is 20.2 Å². The van der Waals surface area contributed by atoms with Gasteiger partial charge in [0.05, 0.1) is 30.3 Å². The summed E-state index contributed by atoms with van der Waals surface area (Å²) in [5, 5.41) is 6.83. The maximum absolute atomic E-state index is 12.9. The second-order valence-corrected chi connectivity index (χ2v) is 8.80. The quantitative estimate of drug-likeness (QED) is 0.671. The van der Waals surface area contributed by atoms with Gasteiger partial charge in [0.2, 0.25) is 5.91 Å². The summed E-state index contributed by atoms with van der Waals surface area (Å²) in [6.45, 7) is 4.55. The molecule has 2 aromatic rings. The van der Waals surface area contributed by atoms with E-state index in [4.69, 9.17) is 16.3 Å². The Bertz CT molecular complexity index is 832. The van der Waals surface area contributed by atoms with Crippen LogP contribution in [0.5, 0.6) is 0 Å². The first-order valence-corrected chi connectivity index (χ1v) is 11.0. The molecule has 1 unspecified atom stereocenters. The largest absolute Gasteiger partial charge is 0.469 e. The van der Waals surface area contributed by atoms with Crippen LogP contribution in [0.3, 0.4) is 0 Å². The number of methoxy groups -OCH3 is 1. The van der Waals surface area contributed by atoms with Gasteiger partial charge in [0.25, 0.3) is 0 Å². The molecule has 3 rings (SSSR count). The van der Waals surface area contributed by atoms with E-state index in [1.54, 1.807) is 23.5 Å². The van der Waals surface area contributed by atoms with Crippen LogP contribution in [0, 0.1) is 12.8 Å². The zero-order chi connectivity index (χ0) is 20.8. The number of rotatable bonds is 7. The molecule has 0 radical (unpaired) electrons. The number of benzene rings is 1. The molecule has 1 fully saturated rings. The normalized spacial score (nSPS) is 16.4. The fourth-order valence-corrected chi connectivity index (χ4v) is 4.28. The van der Waals surface area contributed by atoms with Crippen molar-refractivity contribution >= 4 is 34.8 Å². The smallest absolute Gasteiger partial charge is 0.307 e. The molecule has 1 aliphatic rings. The van der Waals surface area contributed by atoms with Gasteiger partial charge in [0.1, 0.15) is 0 Å². The van der Waals surface area contributed by atoms with E-state index in [1.165, 1.54) is 7.11 Å². The second kappa shape index (κ2) is 10.2. The highest BCUT2D eigenvalue weighted by Gasteiger charge is 2.28. The number of aryl methyl sites for hydroxylation is 1. The first kappa shape index (κ1) is 21.7. The van der Waals surface area contributed by atoms with Gasteiger partial charge < -0.3 is 10.1 Å². The van der Waals surface area contributed by atoms with E-state index in [0.29, 0.717) is 5.02 Å². The van der Waals surface area contributed by atoms with Crippen molar-refractivity contribution in [3.8, 4) is 0 Å². The Morgan fingerprint density at radius 3 is 2.59 bits per heavy atom. The molecule has 8 heteroatoms. The Morgan fingerprint density at radius 2 is 2.00 bits per heavy atom. The summed E-state index contributed by atoms with van der Waals surface area (Å²) in [5.74, 6) is -0.438. The molecule has 0 saturated carbocycles. The van der Waals surface area contributed by atoms with Gasteiger partial charge in [-0.3, -0.25) is 14.5 Å². The Labute approximate surface area is 180 Å². The van der Waals surface area contributed by atoms with Crippen molar-refractivity contribution in [2.24, 2.45) is 5.92 Å². The number of esters is 1. The van der Waals surface area contributed by atoms with E-state index in [0.717, 1.165) is 48.7 Å². The lowest BCUT2D eigenvalue weighted by atomic mass is 9.94. The Balaban J connectivity index is 1.56. The number of thiazole rings is 1. The van der Waals surface area contributed by atoms with Gasteiger partial charge in [-0.25, -0.2) is 4.98 Å². The average Bonchev–Trinajstić information content (AvgIpc) is 3.13. The standard InChI is InChI=1S/C21H26ClN3O3S/c1-14-23-18(13-29-14)12-25-9-7-16(8-10-25)21(27)24-19(11-20(26)28-2)15-3-5-17(22)6-4-15/h3-6,13,16,19H,7-12H2,1-2H3,(H,24,27). The van der Waals surface area contributed by atoms with Crippen LogP contribution in [0.2, 0.25) is 5.02 Å². The van der Waals surface area contributed by atoms with Gasteiger partial charge in [0.15, 0.2) is 0 Å². The fourth-order valence-electron chi connectivity index (χ4n) is 3.55. The Morgan fingerprint density at radius 1 is 1.31 bits per heavy atom. The molecular formula is C21H26ClN3O3S. The number of hydrogen-bond donors (Lipinski definition) is 1. The fraction of sp³-hybridized carbons (Fsp3) is 0.476. The molecule has 1 amide bonds. The molecule has 1 aliphatic heterocycles. The van der Waals surface area contributed by atoms with Gasteiger partial charge in [-0.05, 0) is 50.6 Å². The first-order valence-electron chi connectivity index (χ1n) is 9.70. The molecule has 0 aliphatic carbocycles. The van der Waals surface area contributed by atoms with E-state index >= 15 is 0 Å². The number of carbonyl (C=O) groups is 2. The monoisotopic (exact) mass is 435 g/mol. The summed E-state index contributed by atoms with van der Waals surface area (Å²) < 4.78 is 4.80. The lowest BCUT2D eigenvalue weighted by Gasteiger charge is -2.31. The number of amides is 1. The van der Waals surface area contributed by atoms with Crippen LogP contribution in [0.15, 0.2) is 29.6 Å². The van der Waals surface area contributed by atoms with Gasteiger partial charge in [-0.2, -0.15) is 0 Å². The SMILES string of the molecule is COC(=O)CC(NC(=O)C1CCN(Cc2csc(C)n2)CC1)c1ccc(Cl)cc1. The van der Waals surface area contributed by atoms with Gasteiger partial charge in [0, 0.05) is 22.9 Å². The van der Waals surface area contributed by atoms with E-state index in [2.05, 4.69) is 20.6 Å². The zero-order valence-corrected chi connectivity index (χ0v) is 18.3. The molecule has 1 atom stereocenters. The lowest BCUT2D eigenvalue weighted by molar-refractivity contribution is -0.141. The summed E-state index contributed by atoms with van der Waals surface area (Å²) >= 11 is 7.63. The third-order valence-electron chi connectivity index (χ3n) is 5.20. The highest BCUT2D eigenvalue weighted by Crippen LogP contribution is 2.24. The average molecular weight is 436 g/mol. The summed E-state index contributed by atoms with van der Waals surface area (Å²) in [7, 11) is 1.35. The molecule has 2 heterocycles. The van der Waals surface area contributed by atoms with Crippen molar-refractivity contribution in [2.45, 2.75) is 38.8 Å². The summed E-state index contributed by atoms with van der Waals surface area (Å²) in [6.07, 6.45) is 1.67. The van der Waals surface area contributed by atoms with Crippen LogP contribution < -0.4 is 5.32 Å². The molecule has 1 saturated heterocycles. The molecule has 0 spiro atoms. The lowest BCUT2D eigenvalue weighted by Crippen LogP contribution is -2.41. The third kappa shape index (κ3) is 6.26. The molecule has 156 valence electrons. The van der Waals surface area contributed by atoms with Crippen molar-refractivity contribution in [1.82, 2.24) is 15.2 Å². The van der Waals surface area contributed by atoms with Crippen LogP contribution in [0.1, 0.15) is 41.6 Å². The van der Waals surface area contributed by atoms with E-state index < -0.39 is 6.04 Å². The predicted octanol–water partition coefficient (Wildman–Crippen LogP) is 3.74. The topological polar surface area (TPSA) is 71.5 Å².